The SMILES string of the molecule is COC(=O)CCC[C@@H](C)[C@@H](O)CC(N)=O. The predicted octanol–water partition coefficient (Wildman–Crippen LogP) is 0.202. The fourth-order valence-electron chi connectivity index (χ4n) is 1.27. The van der Waals surface area contributed by atoms with Crippen molar-refractivity contribution < 1.29 is 19.4 Å². The number of carbonyl (C=O) groups excluding carboxylic acids is 2. The first kappa shape index (κ1) is 13.9. The van der Waals surface area contributed by atoms with Gasteiger partial charge in [-0.1, -0.05) is 6.92 Å². The van der Waals surface area contributed by atoms with Crippen LogP contribution in [0.25, 0.3) is 0 Å². The van der Waals surface area contributed by atoms with Crippen LogP contribution in [0.15, 0.2) is 0 Å². The molecule has 15 heavy (non-hydrogen) atoms. The van der Waals surface area contributed by atoms with Crippen molar-refractivity contribution >= 4 is 11.9 Å². The zero-order valence-electron chi connectivity index (χ0n) is 9.23. The van der Waals surface area contributed by atoms with Crippen LogP contribution >= 0.6 is 0 Å². The van der Waals surface area contributed by atoms with Gasteiger partial charge in [-0.15, -0.1) is 0 Å². The molecular weight excluding hydrogens is 198 g/mol. The van der Waals surface area contributed by atoms with Gasteiger partial charge in [-0.3, -0.25) is 9.59 Å². The molecule has 0 bridgehead atoms. The number of methoxy groups -OCH3 is 1. The van der Waals surface area contributed by atoms with Crippen molar-refractivity contribution in [1.29, 1.82) is 0 Å². The summed E-state index contributed by atoms with van der Waals surface area (Å²) >= 11 is 0. The van der Waals surface area contributed by atoms with Crippen molar-refractivity contribution in [2.24, 2.45) is 11.7 Å². The third kappa shape index (κ3) is 6.90. The molecule has 3 N–H and O–H groups in total. The monoisotopic (exact) mass is 217 g/mol. The fourth-order valence-corrected chi connectivity index (χ4v) is 1.27. The van der Waals surface area contributed by atoms with Crippen LogP contribution in [0.5, 0.6) is 0 Å². The third-order valence-corrected chi connectivity index (χ3v) is 2.34. The average molecular weight is 217 g/mol. The largest absolute Gasteiger partial charge is 0.469 e. The zero-order valence-corrected chi connectivity index (χ0v) is 9.23. The Morgan fingerprint density at radius 2 is 2.07 bits per heavy atom. The number of hydrogen-bond donors (Lipinski definition) is 2. The van der Waals surface area contributed by atoms with Crippen molar-refractivity contribution in [3.05, 3.63) is 0 Å². The molecular formula is C10H19NO4. The van der Waals surface area contributed by atoms with Gasteiger partial charge in [-0.05, 0) is 18.8 Å². The molecule has 0 saturated carbocycles. The summed E-state index contributed by atoms with van der Waals surface area (Å²) in [5.41, 5.74) is 4.96. The lowest BCUT2D eigenvalue weighted by molar-refractivity contribution is -0.140. The molecule has 5 heteroatoms. The van der Waals surface area contributed by atoms with Gasteiger partial charge in [0.25, 0.3) is 0 Å². The lowest BCUT2D eigenvalue weighted by atomic mass is 9.96. The molecule has 0 aromatic heterocycles. The van der Waals surface area contributed by atoms with E-state index in [1.807, 2.05) is 6.92 Å². The Bertz CT molecular complexity index is 217. The number of amides is 1. The standard InChI is InChI=1S/C10H19NO4/c1-7(8(12)6-9(11)13)4-3-5-10(14)15-2/h7-8,12H,3-6H2,1-2H3,(H2,11,13)/t7-,8+/m1/s1. The summed E-state index contributed by atoms with van der Waals surface area (Å²) in [6.45, 7) is 1.82. The van der Waals surface area contributed by atoms with Crippen LogP contribution in [0.3, 0.4) is 0 Å². The molecule has 0 saturated heterocycles. The maximum atomic E-state index is 10.8. The fraction of sp³-hybridized carbons (Fsp3) is 0.800. The molecule has 0 fully saturated rings. The summed E-state index contributed by atoms with van der Waals surface area (Å²) in [4.78, 5) is 21.3. The van der Waals surface area contributed by atoms with E-state index >= 15 is 0 Å². The number of primary amides is 1. The minimum absolute atomic E-state index is 0.0284. The number of nitrogens with two attached hydrogens (primary N) is 1. The maximum absolute atomic E-state index is 10.8. The van der Waals surface area contributed by atoms with Crippen molar-refractivity contribution in [3.63, 3.8) is 0 Å². The van der Waals surface area contributed by atoms with Gasteiger partial charge in [-0.25, -0.2) is 0 Å². The van der Waals surface area contributed by atoms with Crippen molar-refractivity contribution in [1.82, 2.24) is 0 Å². The minimum atomic E-state index is -0.722. The number of aliphatic hydroxyl groups is 1. The van der Waals surface area contributed by atoms with E-state index in [-0.39, 0.29) is 18.3 Å². The van der Waals surface area contributed by atoms with Crippen LogP contribution in [0.1, 0.15) is 32.6 Å². The zero-order chi connectivity index (χ0) is 11.8. The van der Waals surface area contributed by atoms with Gasteiger partial charge >= 0.3 is 5.97 Å². The summed E-state index contributed by atoms with van der Waals surface area (Å²) in [6.07, 6.45) is 0.900. The molecule has 0 rings (SSSR count). The highest BCUT2D eigenvalue weighted by Crippen LogP contribution is 2.14. The maximum Gasteiger partial charge on any atom is 0.305 e. The molecule has 0 aromatic carbocycles. The number of carbonyl (C=O) groups is 2. The Hall–Kier alpha value is -1.10. The van der Waals surface area contributed by atoms with Crippen LogP contribution in [0.4, 0.5) is 0 Å². The van der Waals surface area contributed by atoms with Crippen LogP contribution in [0.2, 0.25) is 0 Å². The molecule has 0 aliphatic heterocycles. The highest BCUT2D eigenvalue weighted by Gasteiger charge is 2.16. The number of hydrogen-bond acceptors (Lipinski definition) is 4. The van der Waals surface area contributed by atoms with E-state index in [4.69, 9.17) is 5.73 Å². The van der Waals surface area contributed by atoms with E-state index in [0.29, 0.717) is 19.3 Å². The number of esters is 1. The van der Waals surface area contributed by atoms with E-state index in [1.165, 1.54) is 7.11 Å². The second-order valence-electron chi connectivity index (χ2n) is 3.68. The second-order valence-corrected chi connectivity index (χ2v) is 3.68. The normalized spacial score (nSPS) is 14.3. The summed E-state index contributed by atoms with van der Waals surface area (Å²) in [7, 11) is 1.34. The number of aliphatic hydroxyl groups excluding tert-OH is 1. The smallest absolute Gasteiger partial charge is 0.305 e. The highest BCUT2D eigenvalue weighted by molar-refractivity contribution is 5.74. The van der Waals surface area contributed by atoms with Crippen molar-refractivity contribution in [2.45, 2.75) is 38.7 Å². The molecule has 0 heterocycles. The first-order valence-corrected chi connectivity index (χ1v) is 5.00. The Balaban J connectivity index is 3.68. The summed E-state index contributed by atoms with van der Waals surface area (Å²) < 4.78 is 4.48. The number of rotatable bonds is 7. The van der Waals surface area contributed by atoms with E-state index in [0.717, 1.165) is 0 Å². The van der Waals surface area contributed by atoms with E-state index in [1.54, 1.807) is 0 Å². The topological polar surface area (TPSA) is 89.6 Å². The van der Waals surface area contributed by atoms with Gasteiger partial charge in [0.1, 0.15) is 0 Å². The molecule has 88 valence electrons. The number of ether oxygens (including phenoxy) is 1. The summed E-state index contributed by atoms with van der Waals surface area (Å²) in [6, 6.07) is 0. The molecule has 1 amide bonds. The van der Waals surface area contributed by atoms with Crippen LogP contribution < -0.4 is 5.73 Å². The quantitative estimate of drug-likeness (QED) is 0.596. The average Bonchev–Trinajstić information content (AvgIpc) is 2.16. The Morgan fingerprint density at radius 3 is 2.53 bits per heavy atom. The van der Waals surface area contributed by atoms with Gasteiger partial charge in [-0.2, -0.15) is 0 Å². The van der Waals surface area contributed by atoms with Gasteiger partial charge in [0.2, 0.25) is 5.91 Å². The van der Waals surface area contributed by atoms with E-state index in [2.05, 4.69) is 4.74 Å². The molecule has 0 aliphatic rings. The first-order valence-electron chi connectivity index (χ1n) is 5.00. The Morgan fingerprint density at radius 1 is 1.47 bits per heavy atom. The molecule has 2 atom stereocenters. The van der Waals surface area contributed by atoms with Crippen molar-refractivity contribution in [3.8, 4) is 0 Å². The van der Waals surface area contributed by atoms with Crippen molar-refractivity contribution in [2.75, 3.05) is 7.11 Å². The highest BCUT2D eigenvalue weighted by atomic mass is 16.5. The summed E-state index contributed by atoms with van der Waals surface area (Å²) in [5.74, 6) is -0.809. The summed E-state index contributed by atoms with van der Waals surface area (Å²) in [5, 5.41) is 9.49. The lowest BCUT2D eigenvalue weighted by Crippen LogP contribution is -2.25. The Labute approximate surface area is 89.6 Å². The van der Waals surface area contributed by atoms with Gasteiger partial charge in [0, 0.05) is 6.42 Å². The van der Waals surface area contributed by atoms with Gasteiger partial charge in [0.15, 0.2) is 0 Å². The molecule has 0 radical (unpaired) electrons. The molecule has 5 nitrogen and oxygen atoms in total. The van der Waals surface area contributed by atoms with Gasteiger partial charge in [0.05, 0.1) is 19.6 Å². The third-order valence-electron chi connectivity index (χ3n) is 2.34. The van der Waals surface area contributed by atoms with Gasteiger partial charge < -0.3 is 15.6 Å². The van der Waals surface area contributed by atoms with E-state index < -0.39 is 12.0 Å². The predicted molar refractivity (Wildman–Crippen MR) is 54.8 cm³/mol. The van der Waals surface area contributed by atoms with Crippen LogP contribution in [-0.4, -0.2) is 30.2 Å². The minimum Gasteiger partial charge on any atom is -0.469 e. The molecule has 0 aromatic rings. The molecule has 0 aliphatic carbocycles. The first-order chi connectivity index (χ1) is 6.97. The van der Waals surface area contributed by atoms with E-state index in [9.17, 15) is 14.7 Å². The Kier molecular flexibility index (Phi) is 6.70. The molecule has 0 spiro atoms. The lowest BCUT2D eigenvalue weighted by Gasteiger charge is -2.16. The molecule has 0 unspecified atom stereocenters. The van der Waals surface area contributed by atoms with Crippen LogP contribution in [0, 0.1) is 5.92 Å². The second kappa shape index (κ2) is 7.23. The van der Waals surface area contributed by atoms with Crippen LogP contribution in [-0.2, 0) is 14.3 Å².